The van der Waals surface area contributed by atoms with Crippen LogP contribution in [0.25, 0.3) is 5.70 Å². The maximum Gasteiger partial charge on any atom is 0.410 e. The number of allylic oxidation sites excluding steroid dienone is 1. The molecule has 2 heterocycles. The van der Waals surface area contributed by atoms with Crippen molar-refractivity contribution in [2.45, 2.75) is 84.8 Å². The quantitative estimate of drug-likeness (QED) is 0.432. The molecular formula is C31H48N4O2. The van der Waals surface area contributed by atoms with E-state index in [4.69, 9.17) is 4.74 Å². The van der Waals surface area contributed by atoms with E-state index in [0.29, 0.717) is 24.9 Å². The molecule has 37 heavy (non-hydrogen) atoms. The summed E-state index contributed by atoms with van der Waals surface area (Å²) in [5.74, 6) is 0.982. The van der Waals surface area contributed by atoms with Crippen LogP contribution in [-0.2, 0) is 4.74 Å². The maximum atomic E-state index is 12.8. The molecule has 0 radical (unpaired) electrons. The van der Waals surface area contributed by atoms with Crippen molar-refractivity contribution in [2.24, 2.45) is 11.8 Å². The number of nitrogens with zero attached hydrogens (tertiary/aromatic N) is 3. The molecule has 1 aliphatic carbocycles. The van der Waals surface area contributed by atoms with Gasteiger partial charge in [-0.25, -0.2) is 4.79 Å². The Bertz CT molecular complexity index is 983. The lowest BCUT2D eigenvalue weighted by atomic mass is 9.96. The summed E-state index contributed by atoms with van der Waals surface area (Å²) in [6.07, 6.45) is 7.30. The Balaban J connectivity index is 1.58. The topological polar surface area (TPSA) is 48.1 Å². The number of carbonyl (C=O) groups excluding carboxylic acids is 1. The van der Waals surface area contributed by atoms with Gasteiger partial charge >= 0.3 is 6.09 Å². The molecule has 1 aromatic carbocycles. The van der Waals surface area contributed by atoms with Crippen molar-refractivity contribution in [1.29, 1.82) is 0 Å². The van der Waals surface area contributed by atoms with Crippen molar-refractivity contribution in [1.82, 2.24) is 9.80 Å². The summed E-state index contributed by atoms with van der Waals surface area (Å²) in [7, 11) is 0. The van der Waals surface area contributed by atoms with Crippen LogP contribution >= 0.6 is 0 Å². The van der Waals surface area contributed by atoms with E-state index in [-0.39, 0.29) is 12.1 Å². The molecule has 0 spiro atoms. The lowest BCUT2D eigenvalue weighted by Crippen LogP contribution is -2.56. The van der Waals surface area contributed by atoms with E-state index in [1.807, 2.05) is 25.7 Å². The Morgan fingerprint density at radius 1 is 1.03 bits per heavy atom. The van der Waals surface area contributed by atoms with Crippen LogP contribution < -0.4 is 10.2 Å². The number of carbonyl (C=O) groups is 1. The summed E-state index contributed by atoms with van der Waals surface area (Å²) < 4.78 is 5.69. The number of hydrogen-bond donors (Lipinski definition) is 1. The van der Waals surface area contributed by atoms with Crippen molar-refractivity contribution in [2.75, 3.05) is 42.9 Å². The smallest absolute Gasteiger partial charge is 0.410 e. The van der Waals surface area contributed by atoms with E-state index >= 15 is 0 Å². The van der Waals surface area contributed by atoms with Gasteiger partial charge in [-0.3, -0.25) is 0 Å². The minimum atomic E-state index is -0.492. The maximum absolute atomic E-state index is 12.8. The first-order chi connectivity index (χ1) is 17.5. The second kappa shape index (κ2) is 11.4. The van der Waals surface area contributed by atoms with Crippen molar-refractivity contribution < 1.29 is 9.53 Å². The monoisotopic (exact) mass is 508 g/mol. The number of ether oxygens (including phenoxy) is 1. The number of benzene rings is 1. The van der Waals surface area contributed by atoms with Gasteiger partial charge in [-0.15, -0.1) is 0 Å². The van der Waals surface area contributed by atoms with Crippen LogP contribution in [0.4, 0.5) is 16.2 Å². The molecule has 6 heteroatoms. The number of hydrogen-bond acceptors (Lipinski definition) is 5. The summed E-state index contributed by atoms with van der Waals surface area (Å²) in [6, 6.07) is 6.90. The molecule has 0 aromatic heterocycles. The van der Waals surface area contributed by atoms with E-state index in [9.17, 15) is 4.79 Å². The lowest BCUT2D eigenvalue weighted by molar-refractivity contribution is 0.00729. The Hall–Kier alpha value is -2.63. The Kier molecular flexibility index (Phi) is 8.45. The third-order valence-electron chi connectivity index (χ3n) is 7.82. The number of amides is 1. The Morgan fingerprint density at radius 3 is 2.30 bits per heavy atom. The average Bonchev–Trinajstić information content (AvgIpc) is 3.70. The van der Waals surface area contributed by atoms with Gasteiger partial charge in [0.2, 0.25) is 0 Å². The van der Waals surface area contributed by atoms with Crippen molar-refractivity contribution >= 4 is 23.2 Å². The second-order valence-corrected chi connectivity index (χ2v) is 12.4. The lowest BCUT2D eigenvalue weighted by Gasteiger charge is -2.46. The third kappa shape index (κ3) is 7.03. The molecule has 4 rings (SSSR count). The molecule has 2 aliphatic heterocycles. The van der Waals surface area contributed by atoms with Gasteiger partial charge in [-0.05, 0) is 76.5 Å². The van der Waals surface area contributed by atoms with Gasteiger partial charge in [0.15, 0.2) is 0 Å². The fraction of sp³-hybridized carbons (Fsp3) is 0.645. The van der Waals surface area contributed by atoms with Crippen LogP contribution in [0.3, 0.4) is 0 Å². The van der Waals surface area contributed by atoms with Gasteiger partial charge in [0.05, 0.1) is 0 Å². The first kappa shape index (κ1) is 27.4. The standard InChI is InChI=1S/C31H48N4O2/c1-22(2)29-21-34(30(36)37-31(5,6)7)18-19-35(29)24(4)27-15-14-26(32-23(3)25-12-13-25)20-28(27)33-16-10-8-9-11-17-33/h14-15,20,22,25,29,32H,3-4,8-13,16-19,21H2,1-2,5-7H3. The molecule has 1 atom stereocenters. The van der Waals surface area contributed by atoms with Crippen LogP contribution in [0.5, 0.6) is 0 Å². The number of nitrogens with one attached hydrogen (secondary N) is 1. The zero-order valence-corrected chi connectivity index (χ0v) is 23.8. The summed E-state index contributed by atoms with van der Waals surface area (Å²) in [5.41, 5.74) is 5.26. The molecule has 1 amide bonds. The van der Waals surface area contributed by atoms with Gasteiger partial charge in [-0.1, -0.05) is 39.8 Å². The van der Waals surface area contributed by atoms with E-state index in [1.165, 1.54) is 49.8 Å². The largest absolute Gasteiger partial charge is 0.444 e. The summed E-state index contributed by atoms with van der Waals surface area (Å²) in [4.78, 5) is 19.7. The first-order valence-electron chi connectivity index (χ1n) is 14.3. The number of anilines is 2. The second-order valence-electron chi connectivity index (χ2n) is 12.4. The average molecular weight is 509 g/mol. The Labute approximate surface area is 224 Å². The molecule has 0 bridgehead atoms. The molecule has 204 valence electrons. The summed E-state index contributed by atoms with van der Waals surface area (Å²) >= 11 is 0. The predicted octanol–water partition coefficient (Wildman–Crippen LogP) is 6.95. The highest BCUT2D eigenvalue weighted by Gasteiger charge is 2.35. The van der Waals surface area contributed by atoms with Crippen LogP contribution in [-0.4, -0.2) is 60.3 Å². The zero-order valence-electron chi connectivity index (χ0n) is 23.8. The van der Waals surface area contributed by atoms with Gasteiger partial charge in [0.25, 0.3) is 0 Å². The van der Waals surface area contributed by atoms with Gasteiger partial charge in [0.1, 0.15) is 5.60 Å². The first-order valence-corrected chi connectivity index (χ1v) is 14.3. The predicted molar refractivity (Wildman–Crippen MR) is 155 cm³/mol. The molecule has 3 fully saturated rings. The van der Waals surface area contributed by atoms with Crippen molar-refractivity contribution in [3.8, 4) is 0 Å². The fourth-order valence-electron chi connectivity index (χ4n) is 5.51. The molecule has 3 aliphatic rings. The van der Waals surface area contributed by atoms with Crippen LogP contribution in [0.1, 0.15) is 78.7 Å². The normalized spacial score (nSPS) is 21.0. The van der Waals surface area contributed by atoms with Crippen molar-refractivity contribution in [3.63, 3.8) is 0 Å². The van der Waals surface area contributed by atoms with Crippen LogP contribution in [0.2, 0.25) is 0 Å². The Morgan fingerprint density at radius 2 is 1.70 bits per heavy atom. The van der Waals surface area contributed by atoms with E-state index < -0.39 is 5.60 Å². The van der Waals surface area contributed by atoms with Crippen LogP contribution in [0.15, 0.2) is 37.1 Å². The van der Waals surface area contributed by atoms with Crippen molar-refractivity contribution in [3.05, 3.63) is 42.6 Å². The van der Waals surface area contributed by atoms with E-state index in [1.54, 1.807) is 0 Å². The number of rotatable bonds is 7. The van der Waals surface area contributed by atoms with Gasteiger partial charge in [-0.2, -0.15) is 0 Å². The minimum Gasteiger partial charge on any atom is -0.444 e. The number of piperazine rings is 1. The molecule has 1 unspecified atom stereocenters. The van der Waals surface area contributed by atoms with Gasteiger partial charge in [0, 0.05) is 67.1 Å². The summed E-state index contributed by atoms with van der Waals surface area (Å²) in [6.45, 7) is 23.3. The van der Waals surface area contributed by atoms with E-state index in [0.717, 1.165) is 36.7 Å². The highest BCUT2D eigenvalue weighted by Crippen LogP contribution is 2.39. The fourth-order valence-corrected chi connectivity index (χ4v) is 5.51. The minimum absolute atomic E-state index is 0.179. The summed E-state index contributed by atoms with van der Waals surface area (Å²) in [5, 5.41) is 3.59. The SMILES string of the molecule is C=C(Nc1ccc(C(=C)N2CCN(C(=O)OC(C)(C)C)CC2C(C)C)c(N2CCCCCC2)c1)C1CC1. The molecule has 1 N–H and O–H groups in total. The van der Waals surface area contributed by atoms with E-state index in [2.05, 4.69) is 60.3 Å². The third-order valence-corrected chi connectivity index (χ3v) is 7.82. The van der Waals surface area contributed by atoms with Crippen LogP contribution in [0, 0.1) is 11.8 Å². The molecular weight excluding hydrogens is 460 g/mol. The molecule has 2 saturated heterocycles. The highest BCUT2D eigenvalue weighted by molar-refractivity contribution is 5.79. The zero-order chi connectivity index (χ0) is 26.7. The molecule has 1 saturated carbocycles. The van der Waals surface area contributed by atoms with Gasteiger partial charge < -0.3 is 24.8 Å². The molecule has 1 aromatic rings. The molecule has 6 nitrogen and oxygen atoms in total. The highest BCUT2D eigenvalue weighted by atomic mass is 16.6.